The standard InChI is InChI=1S/C13H19N3O4S/c1-12(2)10(18)15-8(17)7-16(12)11(19)13(9(14)21)3-5-20-6-4-13/h3-7H2,1-2H3,(H2,14,21)(H,15,17,18). The van der Waals surface area contributed by atoms with Crippen LogP contribution in [0.25, 0.3) is 0 Å². The molecule has 0 saturated carbocycles. The third kappa shape index (κ3) is 2.53. The van der Waals surface area contributed by atoms with E-state index in [1.54, 1.807) is 13.8 Å². The van der Waals surface area contributed by atoms with Crippen molar-refractivity contribution in [1.29, 1.82) is 0 Å². The topological polar surface area (TPSA) is 102 Å². The maximum absolute atomic E-state index is 13.0. The second kappa shape index (κ2) is 5.34. The number of nitrogens with two attached hydrogens (primary N) is 1. The maximum atomic E-state index is 13.0. The highest BCUT2D eigenvalue weighted by molar-refractivity contribution is 7.80. The summed E-state index contributed by atoms with van der Waals surface area (Å²) in [5.41, 5.74) is 3.65. The molecule has 0 radical (unpaired) electrons. The third-order valence-corrected chi connectivity index (χ3v) is 4.65. The minimum Gasteiger partial charge on any atom is -0.392 e. The van der Waals surface area contributed by atoms with Gasteiger partial charge in [-0.2, -0.15) is 0 Å². The van der Waals surface area contributed by atoms with Crippen LogP contribution in [0.15, 0.2) is 0 Å². The number of piperazine rings is 1. The van der Waals surface area contributed by atoms with E-state index in [9.17, 15) is 14.4 Å². The summed E-state index contributed by atoms with van der Waals surface area (Å²) in [6.07, 6.45) is 0.729. The van der Waals surface area contributed by atoms with Gasteiger partial charge >= 0.3 is 0 Å². The van der Waals surface area contributed by atoms with Crippen molar-refractivity contribution >= 4 is 34.9 Å². The molecule has 2 saturated heterocycles. The molecule has 0 aliphatic carbocycles. The van der Waals surface area contributed by atoms with Gasteiger partial charge in [0.2, 0.25) is 11.8 Å². The maximum Gasteiger partial charge on any atom is 0.252 e. The lowest BCUT2D eigenvalue weighted by atomic mass is 9.77. The van der Waals surface area contributed by atoms with Crippen molar-refractivity contribution in [2.45, 2.75) is 32.2 Å². The zero-order valence-electron chi connectivity index (χ0n) is 12.1. The molecule has 116 valence electrons. The minimum atomic E-state index is -1.12. The quantitative estimate of drug-likeness (QED) is 0.518. The molecule has 2 rings (SSSR count). The summed E-state index contributed by atoms with van der Waals surface area (Å²) >= 11 is 5.10. The summed E-state index contributed by atoms with van der Waals surface area (Å²) < 4.78 is 5.27. The van der Waals surface area contributed by atoms with Gasteiger partial charge in [0.1, 0.15) is 17.5 Å². The van der Waals surface area contributed by atoms with E-state index in [1.165, 1.54) is 4.90 Å². The fourth-order valence-electron chi connectivity index (χ4n) is 2.65. The average molecular weight is 313 g/mol. The van der Waals surface area contributed by atoms with Crippen LogP contribution in [0.4, 0.5) is 0 Å². The molecule has 0 atom stereocenters. The van der Waals surface area contributed by atoms with E-state index in [2.05, 4.69) is 5.32 Å². The molecule has 0 aromatic carbocycles. The van der Waals surface area contributed by atoms with Crippen LogP contribution >= 0.6 is 12.2 Å². The van der Waals surface area contributed by atoms with Crippen molar-refractivity contribution in [3.8, 4) is 0 Å². The predicted octanol–water partition coefficient (Wildman–Crippen LogP) is -0.667. The van der Waals surface area contributed by atoms with Crippen LogP contribution in [-0.4, -0.2) is 52.9 Å². The summed E-state index contributed by atoms with van der Waals surface area (Å²) in [5.74, 6) is -1.37. The summed E-state index contributed by atoms with van der Waals surface area (Å²) in [4.78, 5) is 38.0. The van der Waals surface area contributed by atoms with Crippen LogP contribution in [0.5, 0.6) is 0 Å². The molecule has 21 heavy (non-hydrogen) atoms. The Morgan fingerprint density at radius 3 is 2.43 bits per heavy atom. The Bertz CT molecular complexity index is 512. The molecule has 2 aliphatic rings. The summed E-state index contributed by atoms with van der Waals surface area (Å²) in [7, 11) is 0. The van der Waals surface area contributed by atoms with Crippen molar-refractivity contribution < 1.29 is 19.1 Å². The molecule has 0 unspecified atom stereocenters. The van der Waals surface area contributed by atoms with E-state index in [-0.39, 0.29) is 17.4 Å². The smallest absolute Gasteiger partial charge is 0.252 e. The Labute approximate surface area is 128 Å². The Hall–Kier alpha value is -1.54. The number of hydrogen-bond acceptors (Lipinski definition) is 5. The van der Waals surface area contributed by atoms with E-state index in [4.69, 9.17) is 22.7 Å². The molecule has 0 aromatic rings. The van der Waals surface area contributed by atoms with Gasteiger partial charge < -0.3 is 15.4 Å². The Balaban J connectivity index is 2.37. The first-order valence-electron chi connectivity index (χ1n) is 6.76. The monoisotopic (exact) mass is 313 g/mol. The zero-order valence-corrected chi connectivity index (χ0v) is 12.9. The molecule has 0 bridgehead atoms. The SMILES string of the molecule is CC1(C)C(=O)NC(=O)CN1C(=O)C1(C(N)=S)CCOCC1. The lowest BCUT2D eigenvalue weighted by molar-refractivity contribution is -0.161. The molecule has 0 aromatic heterocycles. The van der Waals surface area contributed by atoms with E-state index in [0.717, 1.165) is 0 Å². The second-order valence-corrected chi connectivity index (χ2v) is 6.33. The number of rotatable bonds is 2. The van der Waals surface area contributed by atoms with Crippen molar-refractivity contribution in [1.82, 2.24) is 10.2 Å². The summed E-state index contributed by atoms with van der Waals surface area (Å²) in [6.45, 7) is 3.76. The lowest BCUT2D eigenvalue weighted by Crippen LogP contribution is -2.68. The van der Waals surface area contributed by atoms with Gasteiger partial charge in [-0.05, 0) is 26.7 Å². The molecule has 2 aliphatic heterocycles. The van der Waals surface area contributed by atoms with Crippen LogP contribution in [-0.2, 0) is 19.1 Å². The number of thiocarbonyl (C=S) groups is 1. The highest BCUT2D eigenvalue weighted by Crippen LogP contribution is 2.36. The number of nitrogens with zero attached hydrogens (tertiary/aromatic N) is 1. The first-order chi connectivity index (χ1) is 9.71. The number of ether oxygens (including phenoxy) is 1. The number of amides is 3. The van der Waals surface area contributed by atoms with Crippen LogP contribution in [0.1, 0.15) is 26.7 Å². The van der Waals surface area contributed by atoms with E-state index in [0.29, 0.717) is 26.1 Å². The number of carbonyl (C=O) groups excluding carboxylic acids is 3. The zero-order chi connectivity index (χ0) is 15.8. The second-order valence-electron chi connectivity index (χ2n) is 5.89. The van der Waals surface area contributed by atoms with Gasteiger partial charge in [-0.25, -0.2) is 0 Å². The van der Waals surface area contributed by atoms with Crippen LogP contribution in [0.2, 0.25) is 0 Å². The van der Waals surface area contributed by atoms with Crippen LogP contribution in [0, 0.1) is 5.41 Å². The molecular formula is C13H19N3O4S. The van der Waals surface area contributed by atoms with E-state index in [1.807, 2.05) is 0 Å². The van der Waals surface area contributed by atoms with Crippen molar-refractivity contribution in [3.05, 3.63) is 0 Å². The fourth-order valence-corrected chi connectivity index (χ4v) is 2.94. The van der Waals surface area contributed by atoms with E-state index >= 15 is 0 Å². The first-order valence-corrected chi connectivity index (χ1v) is 7.16. The number of imide groups is 1. The van der Waals surface area contributed by atoms with E-state index < -0.39 is 22.8 Å². The van der Waals surface area contributed by atoms with Gasteiger partial charge in [-0.3, -0.25) is 19.7 Å². The predicted molar refractivity (Wildman–Crippen MR) is 78.2 cm³/mol. The van der Waals surface area contributed by atoms with Crippen LogP contribution < -0.4 is 11.1 Å². The summed E-state index contributed by atoms with van der Waals surface area (Å²) in [6, 6.07) is 0. The van der Waals surface area contributed by atoms with Crippen molar-refractivity contribution in [3.63, 3.8) is 0 Å². The fraction of sp³-hybridized carbons (Fsp3) is 0.692. The van der Waals surface area contributed by atoms with Crippen LogP contribution in [0.3, 0.4) is 0 Å². The van der Waals surface area contributed by atoms with Crippen molar-refractivity contribution in [2.75, 3.05) is 19.8 Å². The number of hydrogen-bond donors (Lipinski definition) is 2. The average Bonchev–Trinajstić information content (AvgIpc) is 2.43. The third-order valence-electron chi connectivity index (χ3n) is 4.26. The molecule has 3 N–H and O–H groups in total. The first kappa shape index (κ1) is 15.8. The van der Waals surface area contributed by atoms with Gasteiger partial charge in [0, 0.05) is 13.2 Å². The van der Waals surface area contributed by atoms with Gasteiger partial charge in [0.25, 0.3) is 5.91 Å². The van der Waals surface area contributed by atoms with Crippen molar-refractivity contribution in [2.24, 2.45) is 11.1 Å². The lowest BCUT2D eigenvalue weighted by Gasteiger charge is -2.46. The Morgan fingerprint density at radius 2 is 1.90 bits per heavy atom. The molecule has 2 fully saturated rings. The van der Waals surface area contributed by atoms with Gasteiger partial charge in [0.15, 0.2) is 0 Å². The Morgan fingerprint density at radius 1 is 1.33 bits per heavy atom. The Kier molecular flexibility index (Phi) is 4.03. The minimum absolute atomic E-state index is 0.0880. The molecule has 3 amide bonds. The molecule has 8 heteroatoms. The molecule has 2 heterocycles. The number of carbonyl (C=O) groups is 3. The molecule has 7 nitrogen and oxygen atoms in total. The number of nitrogens with one attached hydrogen (secondary N) is 1. The highest BCUT2D eigenvalue weighted by Gasteiger charge is 2.52. The van der Waals surface area contributed by atoms with Gasteiger partial charge in [-0.15, -0.1) is 0 Å². The molecular weight excluding hydrogens is 294 g/mol. The largest absolute Gasteiger partial charge is 0.392 e. The highest BCUT2D eigenvalue weighted by atomic mass is 32.1. The summed E-state index contributed by atoms with van der Waals surface area (Å²) in [5, 5.41) is 2.24. The molecule has 0 spiro atoms. The van der Waals surface area contributed by atoms with Gasteiger partial charge in [0.05, 0.1) is 4.99 Å². The normalized spacial score (nSPS) is 24.4. The van der Waals surface area contributed by atoms with Gasteiger partial charge in [-0.1, -0.05) is 12.2 Å².